The number of rotatable bonds is 4. The van der Waals surface area contributed by atoms with Gasteiger partial charge in [-0.3, -0.25) is 4.99 Å². The number of hydrogen-bond donors (Lipinski definition) is 1. The highest BCUT2D eigenvalue weighted by Crippen LogP contribution is 2.38. The highest BCUT2D eigenvalue weighted by Gasteiger charge is 2.42. The van der Waals surface area contributed by atoms with Crippen molar-refractivity contribution < 1.29 is 9.47 Å². The van der Waals surface area contributed by atoms with Gasteiger partial charge in [-0.25, -0.2) is 0 Å². The maximum Gasteiger partial charge on any atom is 0.193 e. The molecule has 0 amide bonds. The van der Waals surface area contributed by atoms with Crippen LogP contribution in [0.2, 0.25) is 0 Å². The summed E-state index contributed by atoms with van der Waals surface area (Å²) in [5, 5.41) is 3.51. The quantitative estimate of drug-likeness (QED) is 0.390. The van der Waals surface area contributed by atoms with E-state index in [1.807, 2.05) is 11.8 Å². The van der Waals surface area contributed by atoms with Gasteiger partial charge < -0.3 is 19.7 Å². The summed E-state index contributed by atoms with van der Waals surface area (Å²) in [6.45, 7) is 9.76. The summed E-state index contributed by atoms with van der Waals surface area (Å²) < 4.78 is 11.5. The molecule has 3 aliphatic rings. The molecule has 0 aliphatic carbocycles. The second-order valence-electron chi connectivity index (χ2n) is 7.14. The fraction of sp³-hybridized carbons (Fsp3) is 0.941. The predicted octanol–water partition coefficient (Wildman–Crippen LogP) is 2.59. The number of thioether (sulfide) groups is 1. The summed E-state index contributed by atoms with van der Waals surface area (Å²) in [4.78, 5) is 7.48. The SMILES string of the molecule is CCNC(=NCC1(SC)CCOCC1)N1CCC2(CCOC2)C1.I. The first-order valence-corrected chi connectivity index (χ1v) is 10.2. The Morgan fingerprint density at radius 2 is 1.92 bits per heavy atom. The average Bonchev–Trinajstić information content (AvgIpc) is 3.23. The third-order valence-electron chi connectivity index (χ3n) is 5.61. The van der Waals surface area contributed by atoms with Crippen molar-refractivity contribution in [3.63, 3.8) is 0 Å². The van der Waals surface area contributed by atoms with E-state index >= 15 is 0 Å². The normalized spacial score (nSPS) is 29.8. The van der Waals surface area contributed by atoms with Crippen LogP contribution in [0.1, 0.15) is 32.6 Å². The first kappa shape index (κ1) is 20.6. The molecule has 1 unspecified atom stereocenters. The maximum absolute atomic E-state index is 5.65. The summed E-state index contributed by atoms with van der Waals surface area (Å²) in [6.07, 6.45) is 6.87. The number of ether oxygens (including phenoxy) is 2. The molecule has 3 aliphatic heterocycles. The lowest BCUT2D eigenvalue weighted by atomic mass is 9.87. The van der Waals surface area contributed by atoms with Crippen LogP contribution in [0.25, 0.3) is 0 Å². The Hall–Kier alpha value is 0.270. The van der Waals surface area contributed by atoms with Gasteiger partial charge in [0.25, 0.3) is 0 Å². The zero-order valence-electron chi connectivity index (χ0n) is 15.0. The van der Waals surface area contributed by atoms with Crippen LogP contribution in [-0.4, -0.2) is 74.5 Å². The molecule has 3 heterocycles. The Bertz CT molecular complexity index is 424. The van der Waals surface area contributed by atoms with Crippen molar-refractivity contribution >= 4 is 41.7 Å². The minimum atomic E-state index is 0. The number of halogens is 1. The molecule has 1 spiro atoms. The molecule has 1 N–H and O–H groups in total. The van der Waals surface area contributed by atoms with Crippen molar-refractivity contribution in [2.24, 2.45) is 10.4 Å². The number of nitrogens with zero attached hydrogens (tertiary/aromatic N) is 2. The molecule has 0 aromatic carbocycles. The predicted molar refractivity (Wildman–Crippen MR) is 112 cm³/mol. The fourth-order valence-electron chi connectivity index (χ4n) is 3.90. The second-order valence-corrected chi connectivity index (χ2v) is 8.42. The van der Waals surface area contributed by atoms with Gasteiger partial charge in [0.05, 0.1) is 13.2 Å². The van der Waals surface area contributed by atoms with E-state index in [0.29, 0.717) is 5.41 Å². The van der Waals surface area contributed by atoms with Crippen LogP contribution >= 0.6 is 35.7 Å². The summed E-state index contributed by atoms with van der Waals surface area (Å²) in [5.74, 6) is 1.09. The molecule has 3 rings (SSSR count). The van der Waals surface area contributed by atoms with E-state index in [2.05, 4.69) is 23.4 Å². The zero-order chi connectivity index (χ0) is 16.2. The maximum atomic E-state index is 5.65. The molecule has 0 aromatic rings. The van der Waals surface area contributed by atoms with Crippen molar-refractivity contribution in [3.05, 3.63) is 0 Å². The largest absolute Gasteiger partial charge is 0.381 e. The second kappa shape index (κ2) is 9.28. The molecule has 3 saturated heterocycles. The van der Waals surface area contributed by atoms with Gasteiger partial charge in [-0.05, 0) is 38.9 Å². The van der Waals surface area contributed by atoms with E-state index in [0.717, 1.165) is 71.4 Å². The lowest BCUT2D eigenvalue weighted by molar-refractivity contribution is 0.0793. The lowest BCUT2D eigenvalue weighted by Crippen LogP contribution is -2.43. The van der Waals surface area contributed by atoms with Crippen molar-refractivity contribution in [1.29, 1.82) is 0 Å². The Morgan fingerprint density at radius 1 is 1.17 bits per heavy atom. The third-order valence-corrected chi connectivity index (χ3v) is 7.02. The smallest absolute Gasteiger partial charge is 0.193 e. The summed E-state index contributed by atoms with van der Waals surface area (Å²) >= 11 is 1.96. The molecule has 24 heavy (non-hydrogen) atoms. The van der Waals surface area contributed by atoms with Gasteiger partial charge in [0.1, 0.15) is 0 Å². The van der Waals surface area contributed by atoms with Gasteiger partial charge in [0, 0.05) is 49.6 Å². The highest BCUT2D eigenvalue weighted by atomic mass is 127. The molecule has 0 bridgehead atoms. The summed E-state index contributed by atoms with van der Waals surface area (Å²) in [5.41, 5.74) is 0.381. The highest BCUT2D eigenvalue weighted by molar-refractivity contribution is 14.0. The summed E-state index contributed by atoms with van der Waals surface area (Å²) in [7, 11) is 0. The Morgan fingerprint density at radius 3 is 2.54 bits per heavy atom. The minimum absolute atomic E-state index is 0. The van der Waals surface area contributed by atoms with Crippen LogP contribution in [0, 0.1) is 5.41 Å². The molecule has 140 valence electrons. The number of hydrogen-bond acceptors (Lipinski definition) is 4. The Labute approximate surface area is 167 Å². The van der Waals surface area contributed by atoms with Crippen LogP contribution in [0.4, 0.5) is 0 Å². The van der Waals surface area contributed by atoms with E-state index in [9.17, 15) is 0 Å². The standard InChI is InChI=1S/C17H31N3O2S.HI/c1-3-18-15(19-12-17(23-2)6-10-21-11-7-17)20-8-4-16(13-20)5-9-22-14-16;/h3-14H2,1-2H3,(H,18,19);1H. The summed E-state index contributed by atoms with van der Waals surface area (Å²) in [6, 6.07) is 0. The topological polar surface area (TPSA) is 46.1 Å². The first-order chi connectivity index (χ1) is 11.2. The Kier molecular flexibility index (Phi) is 7.96. The number of guanidine groups is 1. The van der Waals surface area contributed by atoms with Crippen molar-refractivity contribution in [2.45, 2.75) is 37.4 Å². The molecule has 0 aromatic heterocycles. The molecule has 0 saturated carbocycles. The monoisotopic (exact) mass is 469 g/mol. The van der Waals surface area contributed by atoms with Crippen LogP contribution in [0.5, 0.6) is 0 Å². The van der Waals surface area contributed by atoms with E-state index in [1.165, 1.54) is 12.8 Å². The number of likely N-dealkylation sites (tertiary alicyclic amines) is 1. The van der Waals surface area contributed by atoms with Gasteiger partial charge in [-0.2, -0.15) is 11.8 Å². The van der Waals surface area contributed by atoms with Gasteiger partial charge in [0.15, 0.2) is 5.96 Å². The number of aliphatic imine (C=N–C) groups is 1. The van der Waals surface area contributed by atoms with Crippen molar-refractivity contribution in [2.75, 3.05) is 58.9 Å². The van der Waals surface area contributed by atoms with E-state index in [1.54, 1.807) is 0 Å². The molecular weight excluding hydrogens is 437 g/mol. The number of nitrogens with one attached hydrogen (secondary N) is 1. The van der Waals surface area contributed by atoms with Crippen LogP contribution in [-0.2, 0) is 9.47 Å². The van der Waals surface area contributed by atoms with Gasteiger partial charge >= 0.3 is 0 Å². The van der Waals surface area contributed by atoms with Crippen LogP contribution in [0.15, 0.2) is 4.99 Å². The van der Waals surface area contributed by atoms with E-state index in [4.69, 9.17) is 14.5 Å². The van der Waals surface area contributed by atoms with Gasteiger partial charge in [0.2, 0.25) is 0 Å². The zero-order valence-corrected chi connectivity index (χ0v) is 18.2. The van der Waals surface area contributed by atoms with Crippen molar-refractivity contribution in [3.8, 4) is 0 Å². The van der Waals surface area contributed by atoms with E-state index in [-0.39, 0.29) is 28.7 Å². The molecule has 7 heteroatoms. The van der Waals surface area contributed by atoms with Crippen LogP contribution < -0.4 is 5.32 Å². The van der Waals surface area contributed by atoms with Crippen molar-refractivity contribution in [1.82, 2.24) is 10.2 Å². The minimum Gasteiger partial charge on any atom is -0.381 e. The third kappa shape index (κ3) is 4.71. The Balaban J connectivity index is 0.00000208. The molecule has 3 fully saturated rings. The fourth-order valence-corrected chi connectivity index (χ4v) is 4.67. The molecule has 0 radical (unpaired) electrons. The van der Waals surface area contributed by atoms with Crippen LogP contribution in [0.3, 0.4) is 0 Å². The molecular formula is C17H32IN3O2S. The van der Waals surface area contributed by atoms with Gasteiger partial charge in [-0.1, -0.05) is 0 Å². The first-order valence-electron chi connectivity index (χ1n) is 8.95. The van der Waals surface area contributed by atoms with E-state index < -0.39 is 0 Å². The molecule has 5 nitrogen and oxygen atoms in total. The lowest BCUT2D eigenvalue weighted by Gasteiger charge is -2.35. The molecule has 1 atom stereocenters. The van der Waals surface area contributed by atoms with Gasteiger partial charge in [-0.15, -0.1) is 24.0 Å². The average molecular weight is 469 g/mol.